The van der Waals surface area contributed by atoms with Crippen molar-refractivity contribution >= 4 is 0 Å². The molecule has 1 heterocycles. The van der Waals surface area contributed by atoms with E-state index in [2.05, 4.69) is 16.2 Å². The Hall–Kier alpha value is -3.54. The summed E-state index contributed by atoms with van der Waals surface area (Å²) in [6, 6.07) is 18.5. The molecule has 4 aromatic rings. The second kappa shape index (κ2) is 7.60. The minimum atomic E-state index is -0.755. The number of hydrogen-bond donors (Lipinski definition) is 0. The smallest absolute Gasteiger partial charge is 0.261 e. The summed E-state index contributed by atoms with van der Waals surface area (Å²) in [5, 5.41) is 3.87. The molecular weight excluding hydrogens is 362 g/mol. The Morgan fingerprint density at radius 2 is 1.79 bits per heavy atom. The zero-order valence-corrected chi connectivity index (χ0v) is 15.0. The van der Waals surface area contributed by atoms with E-state index in [9.17, 15) is 8.78 Å². The van der Waals surface area contributed by atoms with Gasteiger partial charge in [0.15, 0.2) is 0 Å². The van der Waals surface area contributed by atoms with Gasteiger partial charge in [-0.15, -0.1) is 0 Å². The van der Waals surface area contributed by atoms with Crippen LogP contribution in [0.25, 0.3) is 22.8 Å². The maximum Gasteiger partial charge on any atom is 0.261 e. The van der Waals surface area contributed by atoms with Crippen LogP contribution in [0.15, 0.2) is 71.3 Å². The molecule has 0 saturated carbocycles. The van der Waals surface area contributed by atoms with Gasteiger partial charge in [-0.1, -0.05) is 35.0 Å². The van der Waals surface area contributed by atoms with Gasteiger partial charge in [-0.25, -0.2) is 8.78 Å². The van der Waals surface area contributed by atoms with Crippen molar-refractivity contribution in [1.29, 1.82) is 0 Å². The topological polar surface area (TPSA) is 48.2 Å². The molecule has 6 heteroatoms. The number of ether oxygens (including phenoxy) is 1. The van der Waals surface area contributed by atoms with E-state index in [-0.39, 0.29) is 11.5 Å². The highest BCUT2D eigenvalue weighted by Crippen LogP contribution is 2.26. The molecule has 0 aliphatic rings. The maximum atomic E-state index is 13.9. The molecule has 0 unspecified atom stereocenters. The lowest BCUT2D eigenvalue weighted by atomic mass is 10.1. The molecule has 0 amide bonds. The van der Waals surface area contributed by atoms with Gasteiger partial charge in [0, 0.05) is 11.6 Å². The van der Waals surface area contributed by atoms with Crippen LogP contribution in [0.4, 0.5) is 8.78 Å². The average Bonchev–Trinajstić information content (AvgIpc) is 3.17. The Morgan fingerprint density at radius 3 is 2.54 bits per heavy atom. The summed E-state index contributed by atoms with van der Waals surface area (Å²) in [6.45, 7) is 2.51. The van der Waals surface area contributed by atoms with Crippen molar-refractivity contribution in [1.82, 2.24) is 10.1 Å². The Kier molecular flexibility index (Phi) is 4.85. The predicted octanol–water partition coefficient (Wildman–Crippen LogP) is 5.57. The first kappa shape index (κ1) is 17.9. The number of nitrogens with zero attached hydrogens (tertiary/aromatic N) is 2. The molecule has 0 radical (unpaired) electrons. The standard InChI is InChI=1S/C22H16F2N2O2/c1-14-3-2-4-15(11-14)13-27-18-8-5-16(6-9-18)21-25-22(28-26-21)19-10-7-17(23)12-20(19)24/h2-12H,13H2,1H3. The maximum absolute atomic E-state index is 13.9. The van der Waals surface area contributed by atoms with Crippen LogP contribution in [0.5, 0.6) is 5.75 Å². The molecule has 0 N–H and O–H groups in total. The zero-order chi connectivity index (χ0) is 19.5. The molecule has 140 valence electrons. The predicted molar refractivity (Wildman–Crippen MR) is 101 cm³/mol. The van der Waals surface area contributed by atoms with Crippen LogP contribution >= 0.6 is 0 Å². The molecule has 0 fully saturated rings. The molecular formula is C22H16F2N2O2. The van der Waals surface area contributed by atoms with Crippen LogP contribution in [-0.2, 0) is 6.61 Å². The Morgan fingerprint density at radius 1 is 0.964 bits per heavy atom. The van der Waals surface area contributed by atoms with E-state index >= 15 is 0 Å². The second-order valence-electron chi connectivity index (χ2n) is 6.35. The summed E-state index contributed by atoms with van der Waals surface area (Å²) in [4.78, 5) is 4.19. The van der Waals surface area contributed by atoms with Crippen molar-refractivity contribution in [3.8, 4) is 28.6 Å². The largest absolute Gasteiger partial charge is 0.489 e. The molecule has 0 atom stereocenters. The molecule has 3 aromatic carbocycles. The van der Waals surface area contributed by atoms with Crippen LogP contribution < -0.4 is 4.74 Å². The highest BCUT2D eigenvalue weighted by molar-refractivity contribution is 5.60. The normalized spacial score (nSPS) is 10.8. The second-order valence-corrected chi connectivity index (χ2v) is 6.35. The Labute approximate surface area is 160 Å². The minimum Gasteiger partial charge on any atom is -0.489 e. The van der Waals surface area contributed by atoms with Gasteiger partial charge >= 0.3 is 0 Å². The van der Waals surface area contributed by atoms with Crippen molar-refractivity contribution in [2.24, 2.45) is 0 Å². The number of rotatable bonds is 5. The van der Waals surface area contributed by atoms with E-state index in [1.165, 1.54) is 11.6 Å². The van der Waals surface area contributed by atoms with E-state index in [1.54, 1.807) is 24.3 Å². The first-order chi connectivity index (χ1) is 13.6. The highest BCUT2D eigenvalue weighted by Gasteiger charge is 2.15. The van der Waals surface area contributed by atoms with Crippen LogP contribution in [0, 0.1) is 18.6 Å². The fourth-order valence-electron chi connectivity index (χ4n) is 2.78. The van der Waals surface area contributed by atoms with Gasteiger partial charge in [-0.05, 0) is 48.9 Å². The van der Waals surface area contributed by atoms with Gasteiger partial charge in [0.25, 0.3) is 5.89 Å². The molecule has 0 aliphatic heterocycles. The molecule has 1 aromatic heterocycles. The summed E-state index contributed by atoms with van der Waals surface area (Å²) in [5.74, 6) is -0.410. The third kappa shape index (κ3) is 3.91. The highest BCUT2D eigenvalue weighted by atomic mass is 19.1. The van der Waals surface area contributed by atoms with Gasteiger partial charge in [-0.2, -0.15) is 4.98 Å². The van der Waals surface area contributed by atoms with Crippen LogP contribution in [0.2, 0.25) is 0 Å². The van der Waals surface area contributed by atoms with E-state index in [1.807, 2.05) is 25.1 Å². The Bertz CT molecular complexity index is 1110. The van der Waals surface area contributed by atoms with Crippen LogP contribution in [0.1, 0.15) is 11.1 Å². The van der Waals surface area contributed by atoms with Gasteiger partial charge < -0.3 is 9.26 Å². The zero-order valence-electron chi connectivity index (χ0n) is 15.0. The third-order valence-corrected chi connectivity index (χ3v) is 4.19. The molecule has 0 bridgehead atoms. The quantitative estimate of drug-likeness (QED) is 0.456. The number of halogens is 2. The molecule has 0 spiro atoms. The number of benzene rings is 3. The summed E-state index contributed by atoms with van der Waals surface area (Å²) in [5.41, 5.74) is 3.02. The van der Waals surface area contributed by atoms with Crippen molar-refractivity contribution in [3.05, 3.63) is 89.5 Å². The van der Waals surface area contributed by atoms with E-state index in [0.29, 0.717) is 23.7 Å². The van der Waals surface area contributed by atoms with Gasteiger partial charge in [-0.3, -0.25) is 0 Å². The first-order valence-corrected chi connectivity index (χ1v) is 8.66. The summed E-state index contributed by atoms with van der Waals surface area (Å²) in [6.07, 6.45) is 0. The monoisotopic (exact) mass is 378 g/mol. The third-order valence-electron chi connectivity index (χ3n) is 4.19. The molecule has 4 rings (SSSR count). The van der Waals surface area contributed by atoms with E-state index in [4.69, 9.17) is 9.26 Å². The van der Waals surface area contributed by atoms with Gasteiger partial charge in [0.2, 0.25) is 5.82 Å². The average molecular weight is 378 g/mol. The van der Waals surface area contributed by atoms with Crippen LogP contribution in [-0.4, -0.2) is 10.1 Å². The van der Waals surface area contributed by atoms with Crippen molar-refractivity contribution < 1.29 is 18.0 Å². The lowest BCUT2D eigenvalue weighted by molar-refractivity contribution is 0.306. The lowest BCUT2D eigenvalue weighted by Crippen LogP contribution is -1.95. The van der Waals surface area contributed by atoms with Crippen LogP contribution in [0.3, 0.4) is 0 Å². The Balaban J connectivity index is 1.47. The number of aryl methyl sites for hydroxylation is 1. The number of aromatic nitrogens is 2. The lowest BCUT2D eigenvalue weighted by Gasteiger charge is -2.07. The molecule has 0 saturated heterocycles. The SMILES string of the molecule is Cc1cccc(COc2ccc(-c3noc(-c4ccc(F)cc4F)n3)cc2)c1. The summed E-state index contributed by atoms with van der Waals surface area (Å²) < 4.78 is 37.8. The van der Waals surface area contributed by atoms with Gasteiger partial charge in [0.05, 0.1) is 5.56 Å². The van der Waals surface area contributed by atoms with Crippen molar-refractivity contribution in [2.75, 3.05) is 0 Å². The van der Waals surface area contributed by atoms with Crippen molar-refractivity contribution in [3.63, 3.8) is 0 Å². The molecule has 28 heavy (non-hydrogen) atoms. The number of hydrogen-bond acceptors (Lipinski definition) is 4. The first-order valence-electron chi connectivity index (χ1n) is 8.66. The fraction of sp³-hybridized carbons (Fsp3) is 0.0909. The van der Waals surface area contributed by atoms with E-state index < -0.39 is 11.6 Å². The molecule has 4 nitrogen and oxygen atoms in total. The molecule has 0 aliphatic carbocycles. The summed E-state index contributed by atoms with van der Waals surface area (Å²) >= 11 is 0. The fourth-order valence-corrected chi connectivity index (χ4v) is 2.78. The van der Waals surface area contributed by atoms with Crippen molar-refractivity contribution in [2.45, 2.75) is 13.5 Å². The summed E-state index contributed by atoms with van der Waals surface area (Å²) in [7, 11) is 0. The van der Waals surface area contributed by atoms with Gasteiger partial charge in [0.1, 0.15) is 24.0 Å². The minimum absolute atomic E-state index is 0.00715. The van der Waals surface area contributed by atoms with E-state index in [0.717, 1.165) is 17.7 Å².